The van der Waals surface area contributed by atoms with Gasteiger partial charge in [-0.25, -0.2) is 0 Å². The minimum Gasteiger partial charge on any atom is -0.489 e. The average molecular weight is 392 g/mol. The predicted molar refractivity (Wildman–Crippen MR) is 112 cm³/mol. The summed E-state index contributed by atoms with van der Waals surface area (Å²) >= 11 is 0. The molecule has 0 bridgehead atoms. The molecule has 0 amide bonds. The van der Waals surface area contributed by atoms with Crippen LogP contribution < -0.4 is 4.74 Å². The van der Waals surface area contributed by atoms with E-state index in [2.05, 4.69) is 55.1 Å². The summed E-state index contributed by atoms with van der Waals surface area (Å²) in [5.74, 6) is 0.335. The van der Waals surface area contributed by atoms with Gasteiger partial charge in [0.1, 0.15) is 12.4 Å². The summed E-state index contributed by atoms with van der Waals surface area (Å²) < 4.78 is 6.14. The number of hydrogen-bond donors (Lipinski definition) is 1. The highest BCUT2D eigenvalue weighted by Crippen LogP contribution is 2.51. The maximum Gasteiger partial charge on any atom is 0.310 e. The molecule has 1 N–H and O–H groups in total. The number of aliphatic carboxylic acids is 1. The topological polar surface area (TPSA) is 49.8 Å². The number of benzene rings is 2. The number of carbonyl (C=O) groups is 1. The zero-order valence-corrected chi connectivity index (χ0v) is 17.3. The smallest absolute Gasteiger partial charge is 0.310 e. The van der Waals surface area contributed by atoms with E-state index in [1.54, 1.807) is 0 Å². The molecule has 2 aromatic carbocycles. The molecule has 0 atom stereocenters. The van der Waals surface area contributed by atoms with Crippen LogP contribution in [0.25, 0.3) is 0 Å². The van der Waals surface area contributed by atoms with Crippen LogP contribution in [-0.2, 0) is 24.2 Å². The van der Waals surface area contributed by atoms with Crippen molar-refractivity contribution in [3.63, 3.8) is 0 Å². The van der Waals surface area contributed by atoms with Crippen molar-refractivity contribution in [3.8, 4) is 5.75 Å². The molecule has 0 aromatic heterocycles. The molecule has 29 heavy (non-hydrogen) atoms. The third kappa shape index (κ3) is 3.33. The van der Waals surface area contributed by atoms with E-state index in [0.29, 0.717) is 12.0 Å². The van der Waals surface area contributed by atoms with Gasteiger partial charge in [-0.1, -0.05) is 24.3 Å². The Kier molecular flexibility index (Phi) is 4.25. The van der Waals surface area contributed by atoms with Crippen LogP contribution >= 0.6 is 0 Å². The van der Waals surface area contributed by atoms with Crippen molar-refractivity contribution in [3.05, 3.63) is 64.2 Å². The van der Waals surface area contributed by atoms with Crippen molar-refractivity contribution in [1.82, 2.24) is 4.90 Å². The standard InChI is InChI=1S/C25H29NO3/c1-17-4-3-5-18(2)22(17)13-29-21-7-6-19-11-24(12-20(19)10-21)14-26(15-24)16-25(8-9-25)23(27)28/h3-7,10H,8-9,11-16H2,1-2H3,(H,27,28). The lowest BCUT2D eigenvalue weighted by atomic mass is 9.76. The molecule has 0 unspecified atom stereocenters. The van der Waals surface area contributed by atoms with Gasteiger partial charge in [0.2, 0.25) is 0 Å². The van der Waals surface area contributed by atoms with Crippen LogP contribution in [0, 0.1) is 24.7 Å². The molecule has 152 valence electrons. The Morgan fingerprint density at radius 1 is 1.07 bits per heavy atom. The van der Waals surface area contributed by atoms with Crippen LogP contribution in [-0.4, -0.2) is 35.6 Å². The lowest BCUT2D eigenvalue weighted by Gasteiger charge is -2.49. The number of hydrogen-bond acceptors (Lipinski definition) is 3. The summed E-state index contributed by atoms with van der Waals surface area (Å²) in [4.78, 5) is 13.8. The molecule has 1 aliphatic heterocycles. The fourth-order valence-electron chi connectivity index (χ4n) is 5.39. The van der Waals surface area contributed by atoms with E-state index < -0.39 is 11.4 Å². The molecule has 5 rings (SSSR count). The second kappa shape index (κ2) is 6.60. The molecule has 2 fully saturated rings. The number of rotatable bonds is 6. The monoisotopic (exact) mass is 391 g/mol. The van der Waals surface area contributed by atoms with E-state index in [9.17, 15) is 9.90 Å². The normalized spacial score (nSPS) is 20.9. The van der Waals surface area contributed by atoms with E-state index in [-0.39, 0.29) is 0 Å². The molecule has 3 aliphatic rings. The van der Waals surface area contributed by atoms with Gasteiger partial charge < -0.3 is 14.7 Å². The van der Waals surface area contributed by atoms with Gasteiger partial charge >= 0.3 is 5.97 Å². The van der Waals surface area contributed by atoms with Crippen molar-refractivity contribution in [2.75, 3.05) is 19.6 Å². The third-order valence-electron chi connectivity index (χ3n) is 7.29. The molecule has 1 heterocycles. The van der Waals surface area contributed by atoms with Crippen molar-refractivity contribution < 1.29 is 14.6 Å². The molecule has 1 saturated carbocycles. The number of aryl methyl sites for hydroxylation is 2. The summed E-state index contributed by atoms with van der Waals surface area (Å²) in [6.45, 7) is 7.65. The quantitative estimate of drug-likeness (QED) is 0.804. The number of carboxylic acid groups (broad SMARTS) is 1. The summed E-state index contributed by atoms with van der Waals surface area (Å²) in [6.07, 6.45) is 3.87. The molecule has 4 heteroatoms. The number of nitrogens with zero attached hydrogens (tertiary/aromatic N) is 1. The second-order valence-corrected chi connectivity index (χ2v) is 9.67. The van der Waals surface area contributed by atoms with Gasteiger partial charge in [-0.15, -0.1) is 0 Å². The fourth-order valence-corrected chi connectivity index (χ4v) is 5.39. The highest BCUT2D eigenvalue weighted by molar-refractivity contribution is 5.78. The molecule has 2 aliphatic carbocycles. The number of ether oxygens (including phenoxy) is 1. The second-order valence-electron chi connectivity index (χ2n) is 9.67. The SMILES string of the molecule is Cc1cccc(C)c1COc1ccc2c(c1)CC1(C2)CN(CC2(C(=O)O)CC2)C1. The van der Waals surface area contributed by atoms with Crippen LogP contribution in [0.5, 0.6) is 5.75 Å². The molecule has 0 radical (unpaired) electrons. The Bertz CT molecular complexity index is 950. The average Bonchev–Trinajstić information content (AvgIpc) is 3.33. The van der Waals surface area contributed by atoms with Crippen LogP contribution in [0.2, 0.25) is 0 Å². The number of fused-ring (bicyclic) bond motifs is 1. The Hall–Kier alpha value is -2.33. The van der Waals surface area contributed by atoms with E-state index in [1.807, 2.05) is 0 Å². The summed E-state index contributed by atoms with van der Waals surface area (Å²) in [6, 6.07) is 12.9. The van der Waals surface area contributed by atoms with Crippen molar-refractivity contribution >= 4 is 5.97 Å². The van der Waals surface area contributed by atoms with Crippen LogP contribution in [0.15, 0.2) is 36.4 Å². The number of carboxylic acids is 1. The zero-order chi connectivity index (χ0) is 20.2. The molecule has 2 aromatic rings. The minimum absolute atomic E-state index is 0.308. The highest BCUT2D eigenvalue weighted by Gasteiger charge is 2.55. The molecular weight excluding hydrogens is 362 g/mol. The fraction of sp³-hybridized carbons (Fsp3) is 0.480. The maximum absolute atomic E-state index is 11.5. The lowest BCUT2D eigenvalue weighted by Crippen LogP contribution is -2.58. The lowest BCUT2D eigenvalue weighted by molar-refractivity contribution is -0.145. The van der Waals surface area contributed by atoms with Gasteiger partial charge in [0.25, 0.3) is 0 Å². The first-order valence-electron chi connectivity index (χ1n) is 10.6. The maximum atomic E-state index is 11.5. The molecule has 4 nitrogen and oxygen atoms in total. The Balaban J connectivity index is 1.21. The van der Waals surface area contributed by atoms with Gasteiger partial charge in [-0.05, 0) is 79.5 Å². The Morgan fingerprint density at radius 3 is 2.41 bits per heavy atom. The molecule has 1 spiro atoms. The van der Waals surface area contributed by atoms with Crippen LogP contribution in [0.3, 0.4) is 0 Å². The van der Waals surface area contributed by atoms with E-state index in [0.717, 1.165) is 51.1 Å². The third-order valence-corrected chi connectivity index (χ3v) is 7.29. The van der Waals surface area contributed by atoms with E-state index >= 15 is 0 Å². The van der Waals surface area contributed by atoms with Gasteiger partial charge in [0.15, 0.2) is 0 Å². The van der Waals surface area contributed by atoms with Crippen molar-refractivity contribution in [2.24, 2.45) is 10.8 Å². The van der Waals surface area contributed by atoms with Crippen LogP contribution in [0.1, 0.15) is 40.7 Å². The Labute approximate surface area is 172 Å². The highest BCUT2D eigenvalue weighted by atomic mass is 16.5. The van der Waals surface area contributed by atoms with Gasteiger partial charge in [0.05, 0.1) is 5.41 Å². The predicted octanol–water partition coefficient (Wildman–Crippen LogP) is 4.15. The first-order chi connectivity index (χ1) is 13.9. The van der Waals surface area contributed by atoms with E-state index in [4.69, 9.17) is 4.74 Å². The minimum atomic E-state index is -0.612. The van der Waals surface area contributed by atoms with E-state index in [1.165, 1.54) is 27.8 Å². The van der Waals surface area contributed by atoms with Gasteiger partial charge in [0, 0.05) is 25.0 Å². The Morgan fingerprint density at radius 2 is 1.76 bits per heavy atom. The summed E-state index contributed by atoms with van der Waals surface area (Å²) in [7, 11) is 0. The van der Waals surface area contributed by atoms with Crippen LogP contribution in [0.4, 0.5) is 0 Å². The largest absolute Gasteiger partial charge is 0.489 e. The van der Waals surface area contributed by atoms with Crippen molar-refractivity contribution in [2.45, 2.75) is 46.1 Å². The van der Waals surface area contributed by atoms with Gasteiger partial charge in [-0.2, -0.15) is 0 Å². The zero-order valence-electron chi connectivity index (χ0n) is 17.3. The first-order valence-corrected chi connectivity index (χ1v) is 10.6. The summed E-state index contributed by atoms with van der Waals surface area (Å²) in [5.41, 5.74) is 6.52. The van der Waals surface area contributed by atoms with Crippen molar-refractivity contribution in [1.29, 1.82) is 0 Å². The number of likely N-dealkylation sites (tertiary alicyclic amines) is 1. The molecular formula is C25H29NO3. The summed E-state index contributed by atoms with van der Waals surface area (Å²) in [5, 5.41) is 9.43. The van der Waals surface area contributed by atoms with Gasteiger partial charge in [-0.3, -0.25) is 4.79 Å². The first kappa shape index (κ1) is 18.7. The molecule has 1 saturated heterocycles.